The Labute approximate surface area is 103 Å². The van der Waals surface area contributed by atoms with E-state index in [4.69, 9.17) is 0 Å². The average molecular weight is 288 g/mol. The molecule has 1 saturated heterocycles. The highest BCUT2D eigenvalue weighted by Crippen LogP contribution is 2.26. The van der Waals surface area contributed by atoms with Gasteiger partial charge in [-0.1, -0.05) is 22.0 Å². The largest absolute Gasteiger partial charge is 0.388 e. The maximum Gasteiger partial charge on any atom is 0.124 e. The normalized spacial score (nSPS) is 25.7. The van der Waals surface area contributed by atoms with Crippen LogP contribution in [0.5, 0.6) is 0 Å². The van der Waals surface area contributed by atoms with Crippen molar-refractivity contribution in [1.82, 2.24) is 5.32 Å². The van der Waals surface area contributed by atoms with E-state index in [0.29, 0.717) is 13.0 Å². The second-order valence-corrected chi connectivity index (χ2v) is 5.27. The van der Waals surface area contributed by atoms with E-state index in [0.717, 1.165) is 29.4 Å². The summed E-state index contributed by atoms with van der Waals surface area (Å²) in [7, 11) is 0. The third-order valence-electron chi connectivity index (χ3n) is 2.98. The van der Waals surface area contributed by atoms with Crippen LogP contribution in [0.25, 0.3) is 0 Å². The van der Waals surface area contributed by atoms with Crippen molar-refractivity contribution in [3.63, 3.8) is 0 Å². The predicted molar refractivity (Wildman–Crippen MR) is 64.9 cm³/mol. The molecule has 1 aromatic carbocycles. The van der Waals surface area contributed by atoms with Crippen molar-refractivity contribution in [2.45, 2.75) is 24.9 Å². The fraction of sp³-hybridized carbons (Fsp3) is 0.500. The monoisotopic (exact) mass is 287 g/mol. The van der Waals surface area contributed by atoms with Gasteiger partial charge in [-0.2, -0.15) is 0 Å². The van der Waals surface area contributed by atoms with E-state index in [1.165, 1.54) is 12.1 Å². The smallest absolute Gasteiger partial charge is 0.124 e. The molecule has 2 rings (SSSR count). The topological polar surface area (TPSA) is 32.3 Å². The van der Waals surface area contributed by atoms with Crippen molar-refractivity contribution in [2.75, 3.05) is 13.1 Å². The molecular weight excluding hydrogens is 273 g/mol. The van der Waals surface area contributed by atoms with Crippen molar-refractivity contribution in [3.05, 3.63) is 34.1 Å². The minimum absolute atomic E-state index is 0.260. The molecule has 88 valence electrons. The lowest BCUT2D eigenvalue weighted by Crippen LogP contribution is -2.47. The van der Waals surface area contributed by atoms with Crippen LogP contribution < -0.4 is 5.32 Å². The van der Waals surface area contributed by atoms with Crippen molar-refractivity contribution in [1.29, 1.82) is 0 Å². The number of nitrogens with one attached hydrogen (secondary N) is 1. The number of piperidine rings is 1. The number of halogens is 2. The van der Waals surface area contributed by atoms with Gasteiger partial charge >= 0.3 is 0 Å². The van der Waals surface area contributed by atoms with Gasteiger partial charge in [0.2, 0.25) is 0 Å². The number of β-amino-alcohol motifs (C(OH)–C–C–N with tert-alkyl or cyclic N) is 1. The van der Waals surface area contributed by atoms with Crippen molar-refractivity contribution >= 4 is 15.9 Å². The van der Waals surface area contributed by atoms with Gasteiger partial charge in [0.15, 0.2) is 0 Å². The van der Waals surface area contributed by atoms with E-state index in [1.54, 1.807) is 6.07 Å². The molecule has 1 heterocycles. The van der Waals surface area contributed by atoms with Gasteiger partial charge in [0.05, 0.1) is 5.60 Å². The first kappa shape index (κ1) is 12.0. The highest BCUT2D eigenvalue weighted by atomic mass is 79.9. The Morgan fingerprint density at radius 2 is 2.31 bits per heavy atom. The molecule has 0 spiro atoms. The lowest BCUT2D eigenvalue weighted by atomic mass is 9.87. The van der Waals surface area contributed by atoms with Gasteiger partial charge in [-0.05, 0) is 37.1 Å². The van der Waals surface area contributed by atoms with E-state index >= 15 is 0 Å². The van der Waals surface area contributed by atoms with Crippen LogP contribution in [0.2, 0.25) is 0 Å². The van der Waals surface area contributed by atoms with E-state index in [1.807, 2.05) is 0 Å². The zero-order chi connectivity index (χ0) is 11.6. The van der Waals surface area contributed by atoms with Crippen LogP contribution in [0.1, 0.15) is 18.4 Å². The predicted octanol–water partition coefficient (Wildman–Crippen LogP) is 2.25. The third kappa shape index (κ3) is 2.81. The maximum absolute atomic E-state index is 12.9. The van der Waals surface area contributed by atoms with Gasteiger partial charge in [-0.3, -0.25) is 0 Å². The van der Waals surface area contributed by atoms with Crippen LogP contribution in [0.4, 0.5) is 4.39 Å². The molecule has 0 radical (unpaired) electrons. The summed E-state index contributed by atoms with van der Waals surface area (Å²) in [5.74, 6) is -0.260. The Kier molecular flexibility index (Phi) is 3.62. The highest BCUT2D eigenvalue weighted by Gasteiger charge is 2.29. The Balaban J connectivity index is 2.13. The molecule has 0 bridgehead atoms. The minimum Gasteiger partial charge on any atom is -0.388 e. The number of hydrogen-bond acceptors (Lipinski definition) is 2. The summed E-state index contributed by atoms with van der Waals surface area (Å²) in [6, 6.07) is 4.60. The molecule has 4 heteroatoms. The molecular formula is C12H15BrFNO. The Bertz CT molecular complexity index is 377. The zero-order valence-corrected chi connectivity index (χ0v) is 10.6. The molecule has 2 nitrogen and oxygen atoms in total. The number of hydrogen-bond donors (Lipinski definition) is 2. The lowest BCUT2D eigenvalue weighted by Gasteiger charge is -2.33. The van der Waals surface area contributed by atoms with Crippen LogP contribution in [0, 0.1) is 5.82 Å². The van der Waals surface area contributed by atoms with E-state index in [-0.39, 0.29) is 5.82 Å². The highest BCUT2D eigenvalue weighted by molar-refractivity contribution is 9.10. The first-order valence-electron chi connectivity index (χ1n) is 5.46. The molecule has 0 amide bonds. The fourth-order valence-corrected chi connectivity index (χ4v) is 2.61. The van der Waals surface area contributed by atoms with Gasteiger partial charge in [0.25, 0.3) is 0 Å². The summed E-state index contributed by atoms with van der Waals surface area (Å²) in [6.45, 7) is 1.57. The summed E-state index contributed by atoms with van der Waals surface area (Å²) < 4.78 is 13.6. The Morgan fingerprint density at radius 3 is 2.94 bits per heavy atom. The summed E-state index contributed by atoms with van der Waals surface area (Å²) in [5.41, 5.74) is 0.256. The third-order valence-corrected chi connectivity index (χ3v) is 3.72. The molecule has 1 atom stereocenters. The molecule has 0 saturated carbocycles. The second kappa shape index (κ2) is 4.82. The fourth-order valence-electron chi connectivity index (χ4n) is 2.12. The molecule has 16 heavy (non-hydrogen) atoms. The number of rotatable bonds is 2. The van der Waals surface area contributed by atoms with Gasteiger partial charge in [0.1, 0.15) is 5.82 Å². The SMILES string of the molecule is OC1(Cc2ccc(F)cc2Br)CCCNC1. The van der Waals surface area contributed by atoms with Crippen LogP contribution in [0.15, 0.2) is 22.7 Å². The van der Waals surface area contributed by atoms with Gasteiger partial charge in [0, 0.05) is 17.4 Å². The standard InChI is InChI=1S/C12H15BrFNO/c13-11-6-10(14)3-2-9(11)7-12(16)4-1-5-15-8-12/h2-3,6,15-16H,1,4-5,7-8H2. The van der Waals surface area contributed by atoms with Gasteiger partial charge < -0.3 is 10.4 Å². The molecule has 1 fully saturated rings. The molecule has 1 aliphatic rings. The van der Waals surface area contributed by atoms with Crippen LogP contribution in [-0.4, -0.2) is 23.8 Å². The number of benzene rings is 1. The second-order valence-electron chi connectivity index (χ2n) is 4.42. The quantitative estimate of drug-likeness (QED) is 0.875. The molecule has 2 N–H and O–H groups in total. The number of aliphatic hydroxyl groups is 1. The van der Waals surface area contributed by atoms with Crippen molar-refractivity contribution in [2.24, 2.45) is 0 Å². The molecule has 1 aliphatic heterocycles. The molecule has 1 unspecified atom stereocenters. The molecule has 0 aromatic heterocycles. The lowest BCUT2D eigenvalue weighted by molar-refractivity contribution is 0.0168. The van der Waals surface area contributed by atoms with Crippen LogP contribution in [0.3, 0.4) is 0 Å². The summed E-state index contributed by atoms with van der Waals surface area (Å²) >= 11 is 3.33. The Morgan fingerprint density at radius 1 is 1.50 bits per heavy atom. The van der Waals surface area contributed by atoms with E-state index in [9.17, 15) is 9.50 Å². The zero-order valence-electron chi connectivity index (χ0n) is 8.97. The van der Waals surface area contributed by atoms with Crippen LogP contribution in [-0.2, 0) is 6.42 Å². The van der Waals surface area contributed by atoms with Gasteiger partial charge in [-0.15, -0.1) is 0 Å². The Hall–Kier alpha value is -0.450. The molecule has 1 aromatic rings. The van der Waals surface area contributed by atoms with Crippen molar-refractivity contribution in [3.8, 4) is 0 Å². The van der Waals surface area contributed by atoms with E-state index in [2.05, 4.69) is 21.2 Å². The minimum atomic E-state index is -0.696. The first-order valence-corrected chi connectivity index (χ1v) is 6.25. The summed E-state index contributed by atoms with van der Waals surface area (Å²) in [4.78, 5) is 0. The van der Waals surface area contributed by atoms with Crippen LogP contribution >= 0.6 is 15.9 Å². The average Bonchev–Trinajstić information content (AvgIpc) is 2.23. The van der Waals surface area contributed by atoms with E-state index < -0.39 is 5.60 Å². The summed E-state index contributed by atoms with van der Waals surface area (Å²) in [6.07, 6.45) is 2.33. The first-order chi connectivity index (χ1) is 7.59. The maximum atomic E-state index is 12.9. The van der Waals surface area contributed by atoms with Gasteiger partial charge in [-0.25, -0.2) is 4.39 Å². The summed E-state index contributed by atoms with van der Waals surface area (Å²) in [5, 5.41) is 13.5. The van der Waals surface area contributed by atoms with Crippen molar-refractivity contribution < 1.29 is 9.50 Å². The molecule has 0 aliphatic carbocycles.